The molecule has 0 rings (SSSR count). The summed E-state index contributed by atoms with van der Waals surface area (Å²) in [5.41, 5.74) is 0. The minimum absolute atomic E-state index is 0.0838. The van der Waals surface area contributed by atoms with Crippen molar-refractivity contribution in [1.82, 2.24) is 0 Å². The molecule has 0 fully saturated rings. The summed E-state index contributed by atoms with van der Waals surface area (Å²) in [6.07, 6.45) is 63.8. The lowest BCUT2D eigenvalue weighted by atomic mass is 10.0. The average molecular weight is 897 g/mol. The minimum atomic E-state index is -0.787. The van der Waals surface area contributed by atoms with Crippen LogP contribution < -0.4 is 0 Å². The van der Waals surface area contributed by atoms with Gasteiger partial charge >= 0.3 is 17.9 Å². The minimum Gasteiger partial charge on any atom is -0.462 e. The van der Waals surface area contributed by atoms with Gasteiger partial charge in [-0.25, -0.2) is 0 Å². The number of carbonyl (C=O) groups excluding carboxylic acids is 3. The van der Waals surface area contributed by atoms with E-state index >= 15 is 0 Å². The van der Waals surface area contributed by atoms with E-state index in [1.54, 1.807) is 0 Å². The van der Waals surface area contributed by atoms with Gasteiger partial charge in [-0.3, -0.25) is 14.4 Å². The summed E-state index contributed by atoms with van der Waals surface area (Å²) in [4.78, 5) is 38.1. The average Bonchev–Trinajstić information content (AvgIpc) is 3.29. The van der Waals surface area contributed by atoms with Crippen molar-refractivity contribution in [1.29, 1.82) is 0 Å². The molecule has 0 radical (unpaired) electrons. The molecule has 0 aromatic carbocycles. The summed E-state index contributed by atoms with van der Waals surface area (Å²) in [5.74, 6) is -0.911. The molecule has 0 aromatic heterocycles. The zero-order valence-electron chi connectivity index (χ0n) is 42.6. The highest BCUT2D eigenvalue weighted by Gasteiger charge is 2.19. The maximum atomic E-state index is 12.8. The van der Waals surface area contributed by atoms with Gasteiger partial charge in [0.15, 0.2) is 6.10 Å². The van der Waals surface area contributed by atoms with Gasteiger partial charge in [-0.2, -0.15) is 0 Å². The predicted molar refractivity (Wildman–Crippen MR) is 275 cm³/mol. The molecule has 0 amide bonds. The second-order valence-electron chi connectivity index (χ2n) is 18.6. The van der Waals surface area contributed by atoms with Crippen LogP contribution in [0.4, 0.5) is 0 Å². The Bertz CT molecular complexity index is 1120. The molecular weight excluding hydrogens is 793 g/mol. The van der Waals surface area contributed by atoms with Gasteiger partial charge in [-0.1, -0.05) is 243 Å². The van der Waals surface area contributed by atoms with Gasteiger partial charge in [0.25, 0.3) is 0 Å². The normalized spacial score (nSPS) is 12.4. The van der Waals surface area contributed by atoms with E-state index in [1.807, 2.05) is 0 Å². The van der Waals surface area contributed by atoms with Gasteiger partial charge in [-0.05, 0) is 70.6 Å². The first-order chi connectivity index (χ1) is 31.5. The van der Waals surface area contributed by atoms with Crippen LogP contribution in [0.15, 0.2) is 48.6 Å². The van der Waals surface area contributed by atoms with Crippen molar-refractivity contribution in [2.45, 2.75) is 290 Å². The third-order valence-corrected chi connectivity index (χ3v) is 12.1. The Balaban J connectivity index is 4.42. The van der Waals surface area contributed by atoms with Crippen LogP contribution >= 0.6 is 0 Å². The Labute approximate surface area is 397 Å². The van der Waals surface area contributed by atoms with E-state index in [1.165, 1.54) is 161 Å². The van der Waals surface area contributed by atoms with Crippen molar-refractivity contribution >= 4 is 17.9 Å². The van der Waals surface area contributed by atoms with Gasteiger partial charge in [-0.15, -0.1) is 0 Å². The van der Waals surface area contributed by atoms with Crippen LogP contribution in [0.2, 0.25) is 0 Å². The number of hydrogen-bond acceptors (Lipinski definition) is 6. The summed E-state index contributed by atoms with van der Waals surface area (Å²) in [6.45, 7) is 6.60. The predicted octanol–water partition coefficient (Wildman–Crippen LogP) is 18.3. The van der Waals surface area contributed by atoms with Gasteiger partial charge in [0.05, 0.1) is 0 Å². The molecule has 0 N–H and O–H groups in total. The fourth-order valence-electron chi connectivity index (χ4n) is 7.90. The fraction of sp³-hybridized carbons (Fsp3) is 0.810. The monoisotopic (exact) mass is 897 g/mol. The Kier molecular flexibility index (Phi) is 50.8. The summed E-state index contributed by atoms with van der Waals surface area (Å²) in [6, 6.07) is 0. The van der Waals surface area contributed by atoms with E-state index in [9.17, 15) is 14.4 Å². The molecule has 372 valence electrons. The van der Waals surface area contributed by atoms with Crippen LogP contribution in [-0.4, -0.2) is 37.2 Å². The number of esters is 3. The Morgan fingerprint density at radius 2 is 0.547 bits per heavy atom. The van der Waals surface area contributed by atoms with E-state index in [-0.39, 0.29) is 31.1 Å². The highest BCUT2D eigenvalue weighted by Crippen LogP contribution is 2.16. The summed E-state index contributed by atoms with van der Waals surface area (Å²) >= 11 is 0. The molecule has 0 spiro atoms. The van der Waals surface area contributed by atoms with Crippen LogP contribution in [0.25, 0.3) is 0 Å². The Morgan fingerprint density at radius 3 is 0.875 bits per heavy atom. The van der Waals surface area contributed by atoms with Gasteiger partial charge < -0.3 is 14.2 Å². The standard InChI is InChI=1S/C58H104O6/c1-4-7-10-13-16-19-22-25-28-31-33-36-39-42-45-48-51-57(60)63-54-55(64-58(61)52-49-46-43-40-37-34-30-27-24-21-18-15-12-9-6-3)53-62-56(59)50-47-44-41-38-35-32-29-26-23-20-17-14-11-8-5-2/h18,21,24,27-28,31,33,36,55H,4-17,19-20,22-23,25-26,29-30,32,34-35,37-54H2,1-3H3/b21-18-,27-24-,31-28-,36-33-. The van der Waals surface area contributed by atoms with Crippen LogP contribution in [-0.2, 0) is 28.6 Å². The molecule has 0 bridgehead atoms. The van der Waals surface area contributed by atoms with Crippen molar-refractivity contribution in [3.8, 4) is 0 Å². The Hall–Kier alpha value is -2.63. The summed E-state index contributed by atoms with van der Waals surface area (Å²) in [5, 5.41) is 0. The van der Waals surface area contributed by atoms with Crippen molar-refractivity contribution in [3.63, 3.8) is 0 Å². The molecule has 0 heterocycles. The first-order valence-electron chi connectivity index (χ1n) is 27.7. The van der Waals surface area contributed by atoms with Crippen LogP contribution in [0, 0.1) is 0 Å². The third-order valence-electron chi connectivity index (χ3n) is 12.1. The van der Waals surface area contributed by atoms with Crippen LogP contribution in [0.1, 0.15) is 284 Å². The van der Waals surface area contributed by atoms with Crippen molar-refractivity contribution in [2.24, 2.45) is 0 Å². The number of carbonyl (C=O) groups is 3. The highest BCUT2D eigenvalue weighted by atomic mass is 16.6. The molecule has 6 nitrogen and oxygen atoms in total. The van der Waals surface area contributed by atoms with Gasteiger partial charge in [0, 0.05) is 19.3 Å². The van der Waals surface area contributed by atoms with Crippen LogP contribution in [0.5, 0.6) is 0 Å². The van der Waals surface area contributed by atoms with E-state index in [0.29, 0.717) is 19.3 Å². The molecular formula is C58H104O6. The van der Waals surface area contributed by atoms with E-state index in [4.69, 9.17) is 14.2 Å². The third kappa shape index (κ3) is 50.4. The molecule has 6 heteroatoms. The molecule has 1 unspecified atom stereocenters. The van der Waals surface area contributed by atoms with Crippen LogP contribution in [0.3, 0.4) is 0 Å². The molecule has 0 aliphatic carbocycles. The topological polar surface area (TPSA) is 78.9 Å². The fourth-order valence-corrected chi connectivity index (χ4v) is 7.90. The first-order valence-corrected chi connectivity index (χ1v) is 27.7. The van der Waals surface area contributed by atoms with Crippen molar-refractivity contribution in [3.05, 3.63) is 48.6 Å². The smallest absolute Gasteiger partial charge is 0.306 e. The highest BCUT2D eigenvalue weighted by molar-refractivity contribution is 5.71. The maximum absolute atomic E-state index is 12.8. The summed E-state index contributed by atoms with van der Waals surface area (Å²) < 4.78 is 16.8. The van der Waals surface area contributed by atoms with Crippen molar-refractivity contribution in [2.75, 3.05) is 13.2 Å². The second-order valence-corrected chi connectivity index (χ2v) is 18.6. The Morgan fingerprint density at radius 1 is 0.312 bits per heavy atom. The zero-order valence-corrected chi connectivity index (χ0v) is 42.6. The molecule has 64 heavy (non-hydrogen) atoms. The molecule has 1 atom stereocenters. The van der Waals surface area contributed by atoms with E-state index < -0.39 is 6.10 Å². The largest absolute Gasteiger partial charge is 0.462 e. The van der Waals surface area contributed by atoms with E-state index in [0.717, 1.165) is 83.5 Å². The number of unbranched alkanes of at least 4 members (excludes halogenated alkanes) is 33. The van der Waals surface area contributed by atoms with Gasteiger partial charge in [0.2, 0.25) is 0 Å². The maximum Gasteiger partial charge on any atom is 0.306 e. The molecule has 0 aromatic rings. The lowest BCUT2D eigenvalue weighted by Gasteiger charge is -2.18. The quantitative estimate of drug-likeness (QED) is 0.0262. The summed E-state index contributed by atoms with van der Waals surface area (Å²) in [7, 11) is 0. The first kappa shape index (κ1) is 61.4. The van der Waals surface area contributed by atoms with Gasteiger partial charge in [0.1, 0.15) is 13.2 Å². The number of hydrogen-bond donors (Lipinski definition) is 0. The molecule has 0 aliphatic heterocycles. The molecule has 0 aliphatic rings. The molecule has 0 saturated carbocycles. The lowest BCUT2D eigenvalue weighted by molar-refractivity contribution is -0.167. The van der Waals surface area contributed by atoms with Crippen molar-refractivity contribution < 1.29 is 28.6 Å². The number of allylic oxidation sites excluding steroid dienone is 8. The number of rotatable bonds is 50. The lowest BCUT2D eigenvalue weighted by Crippen LogP contribution is -2.30. The number of ether oxygens (including phenoxy) is 3. The van der Waals surface area contributed by atoms with E-state index in [2.05, 4.69) is 69.4 Å². The second kappa shape index (κ2) is 53.0. The zero-order chi connectivity index (χ0) is 46.5. The SMILES string of the molecule is CCCCC/C=C\C=C/CCCCCCCCC(=O)OC(COC(=O)CCCCC/C=C\C=C/CCCCCCCCC)COC(=O)CCCCCCCCCCCCCCCCC. The molecule has 0 saturated heterocycles.